The third kappa shape index (κ3) is 4.04. The largest absolute Gasteiger partial charge is 0.481 e. The maximum atomic E-state index is 12.5. The van der Waals surface area contributed by atoms with Gasteiger partial charge in [-0.25, -0.2) is 0 Å². The predicted octanol–water partition coefficient (Wildman–Crippen LogP) is 2.40. The number of carbonyl (C=O) groups is 3. The average molecular weight is 334 g/mol. The maximum absolute atomic E-state index is 12.5. The summed E-state index contributed by atoms with van der Waals surface area (Å²) in [5, 5.41) is 11.3. The SMILES string of the molecule is CCCN1C(=O)C(CC)Oc2ccc(NC(=O)CCC(=O)O)cc21. The van der Waals surface area contributed by atoms with Gasteiger partial charge in [0, 0.05) is 18.7 Å². The molecule has 2 N–H and O–H groups in total. The number of nitrogens with one attached hydrogen (secondary N) is 1. The molecular weight excluding hydrogens is 312 g/mol. The van der Waals surface area contributed by atoms with Gasteiger partial charge in [0.2, 0.25) is 5.91 Å². The first-order valence-electron chi connectivity index (χ1n) is 8.10. The minimum absolute atomic E-state index is 0.0822. The number of amides is 2. The van der Waals surface area contributed by atoms with Gasteiger partial charge in [0.05, 0.1) is 12.1 Å². The zero-order valence-corrected chi connectivity index (χ0v) is 13.9. The van der Waals surface area contributed by atoms with E-state index in [9.17, 15) is 14.4 Å². The van der Waals surface area contributed by atoms with Gasteiger partial charge in [-0.2, -0.15) is 0 Å². The fourth-order valence-electron chi connectivity index (χ4n) is 2.56. The number of carbonyl (C=O) groups excluding carboxylic acids is 2. The van der Waals surface area contributed by atoms with Crippen LogP contribution in [0.2, 0.25) is 0 Å². The van der Waals surface area contributed by atoms with Crippen LogP contribution in [0, 0.1) is 0 Å². The number of hydrogen-bond acceptors (Lipinski definition) is 4. The number of carboxylic acids is 1. The van der Waals surface area contributed by atoms with Crippen LogP contribution >= 0.6 is 0 Å². The molecule has 0 saturated carbocycles. The van der Waals surface area contributed by atoms with E-state index in [4.69, 9.17) is 9.84 Å². The number of ether oxygens (including phenoxy) is 1. The van der Waals surface area contributed by atoms with Crippen molar-refractivity contribution in [2.75, 3.05) is 16.8 Å². The fourth-order valence-corrected chi connectivity index (χ4v) is 2.56. The summed E-state index contributed by atoms with van der Waals surface area (Å²) < 4.78 is 5.73. The third-order valence-corrected chi connectivity index (χ3v) is 3.73. The Kier molecular flexibility index (Phi) is 5.78. The van der Waals surface area contributed by atoms with Crippen LogP contribution in [0.1, 0.15) is 39.5 Å². The lowest BCUT2D eigenvalue weighted by Gasteiger charge is -2.34. The van der Waals surface area contributed by atoms with Crippen LogP contribution < -0.4 is 15.0 Å². The molecule has 0 aromatic heterocycles. The van der Waals surface area contributed by atoms with Crippen molar-refractivity contribution in [3.8, 4) is 5.75 Å². The van der Waals surface area contributed by atoms with E-state index in [1.165, 1.54) is 0 Å². The van der Waals surface area contributed by atoms with Crippen molar-refractivity contribution in [3.05, 3.63) is 18.2 Å². The summed E-state index contributed by atoms with van der Waals surface area (Å²) in [5.74, 6) is -0.872. The number of rotatable bonds is 7. The van der Waals surface area contributed by atoms with Gasteiger partial charge < -0.3 is 20.1 Å². The number of benzene rings is 1. The summed E-state index contributed by atoms with van der Waals surface area (Å²) in [6.45, 7) is 4.46. The zero-order chi connectivity index (χ0) is 17.7. The van der Waals surface area contributed by atoms with Gasteiger partial charge in [-0.15, -0.1) is 0 Å². The Morgan fingerprint density at radius 2 is 2.04 bits per heavy atom. The van der Waals surface area contributed by atoms with Crippen molar-refractivity contribution in [3.63, 3.8) is 0 Å². The van der Waals surface area contributed by atoms with Crippen LogP contribution in [0.25, 0.3) is 0 Å². The Balaban J connectivity index is 2.20. The van der Waals surface area contributed by atoms with Crippen molar-refractivity contribution >= 4 is 29.2 Å². The van der Waals surface area contributed by atoms with Crippen molar-refractivity contribution in [1.82, 2.24) is 0 Å². The van der Waals surface area contributed by atoms with E-state index in [-0.39, 0.29) is 24.7 Å². The summed E-state index contributed by atoms with van der Waals surface area (Å²) in [5.41, 5.74) is 1.14. The molecule has 2 amide bonds. The van der Waals surface area contributed by atoms with Gasteiger partial charge in [-0.05, 0) is 31.0 Å². The Hall–Kier alpha value is -2.57. The van der Waals surface area contributed by atoms with Crippen molar-refractivity contribution in [2.45, 2.75) is 45.6 Å². The van der Waals surface area contributed by atoms with E-state index < -0.39 is 12.1 Å². The molecule has 0 fully saturated rings. The Labute approximate surface area is 140 Å². The molecular formula is C17H22N2O5. The standard InChI is InChI=1S/C17H22N2O5/c1-3-9-19-12-10-11(18-15(20)7-8-16(21)22)5-6-14(12)24-13(4-2)17(19)23/h5-6,10,13H,3-4,7-9H2,1-2H3,(H,18,20)(H,21,22). The van der Waals surface area contributed by atoms with Crippen LogP contribution in [0.3, 0.4) is 0 Å². The molecule has 7 nitrogen and oxygen atoms in total. The molecule has 1 unspecified atom stereocenters. The molecule has 1 heterocycles. The van der Waals surface area contributed by atoms with Gasteiger partial charge in [0.25, 0.3) is 5.91 Å². The lowest BCUT2D eigenvalue weighted by Crippen LogP contribution is -2.46. The highest BCUT2D eigenvalue weighted by Gasteiger charge is 2.32. The average Bonchev–Trinajstić information content (AvgIpc) is 2.55. The number of fused-ring (bicyclic) bond motifs is 1. The number of carboxylic acid groups (broad SMARTS) is 1. The summed E-state index contributed by atoms with van der Waals surface area (Å²) >= 11 is 0. The summed E-state index contributed by atoms with van der Waals surface area (Å²) in [7, 11) is 0. The van der Waals surface area contributed by atoms with Crippen LogP contribution in [-0.4, -0.2) is 35.5 Å². The lowest BCUT2D eigenvalue weighted by molar-refractivity contribution is -0.138. The Morgan fingerprint density at radius 1 is 1.29 bits per heavy atom. The van der Waals surface area contributed by atoms with Gasteiger partial charge in [-0.1, -0.05) is 13.8 Å². The topological polar surface area (TPSA) is 95.9 Å². The quantitative estimate of drug-likeness (QED) is 0.798. The molecule has 1 aliphatic rings. The monoisotopic (exact) mass is 334 g/mol. The minimum Gasteiger partial charge on any atom is -0.481 e. The van der Waals surface area contributed by atoms with Crippen LogP contribution in [0.5, 0.6) is 5.75 Å². The highest BCUT2D eigenvalue weighted by Crippen LogP contribution is 2.37. The van der Waals surface area contributed by atoms with Crippen LogP contribution in [0.4, 0.5) is 11.4 Å². The molecule has 24 heavy (non-hydrogen) atoms. The minimum atomic E-state index is -1.02. The van der Waals surface area contributed by atoms with Crippen molar-refractivity contribution in [1.29, 1.82) is 0 Å². The van der Waals surface area contributed by atoms with E-state index >= 15 is 0 Å². The molecule has 1 aliphatic heterocycles. The van der Waals surface area contributed by atoms with Crippen LogP contribution in [0.15, 0.2) is 18.2 Å². The molecule has 1 aromatic carbocycles. The molecule has 0 bridgehead atoms. The second-order valence-electron chi connectivity index (χ2n) is 5.63. The van der Waals surface area contributed by atoms with E-state index in [1.807, 2.05) is 13.8 Å². The Bertz CT molecular complexity index is 644. The molecule has 0 saturated heterocycles. The summed E-state index contributed by atoms with van der Waals surface area (Å²) in [4.78, 5) is 36.4. The predicted molar refractivity (Wildman–Crippen MR) is 89.3 cm³/mol. The van der Waals surface area contributed by atoms with E-state index in [1.54, 1.807) is 23.1 Å². The first-order valence-corrected chi connectivity index (χ1v) is 8.10. The van der Waals surface area contributed by atoms with Gasteiger partial charge in [-0.3, -0.25) is 14.4 Å². The molecule has 0 spiro atoms. The van der Waals surface area contributed by atoms with Gasteiger partial charge >= 0.3 is 5.97 Å². The normalized spacial score (nSPS) is 16.3. The molecule has 2 rings (SSSR count). The van der Waals surface area contributed by atoms with Crippen molar-refractivity contribution in [2.24, 2.45) is 0 Å². The third-order valence-electron chi connectivity index (χ3n) is 3.73. The number of anilines is 2. The second-order valence-corrected chi connectivity index (χ2v) is 5.63. The van der Waals surface area contributed by atoms with E-state index in [2.05, 4.69) is 5.32 Å². The van der Waals surface area contributed by atoms with E-state index in [0.29, 0.717) is 30.1 Å². The zero-order valence-electron chi connectivity index (χ0n) is 13.9. The summed E-state index contributed by atoms with van der Waals surface area (Å²) in [6, 6.07) is 5.09. The van der Waals surface area contributed by atoms with Gasteiger partial charge in [0.15, 0.2) is 6.10 Å². The molecule has 130 valence electrons. The van der Waals surface area contributed by atoms with E-state index in [0.717, 1.165) is 6.42 Å². The maximum Gasteiger partial charge on any atom is 0.303 e. The van der Waals surface area contributed by atoms with Crippen molar-refractivity contribution < 1.29 is 24.2 Å². The first kappa shape index (κ1) is 17.8. The summed E-state index contributed by atoms with van der Waals surface area (Å²) in [6.07, 6.45) is 0.583. The fraction of sp³-hybridized carbons (Fsp3) is 0.471. The Morgan fingerprint density at radius 3 is 2.67 bits per heavy atom. The lowest BCUT2D eigenvalue weighted by atomic mass is 10.1. The number of hydrogen-bond donors (Lipinski definition) is 2. The van der Waals surface area contributed by atoms with Gasteiger partial charge in [0.1, 0.15) is 5.75 Å². The van der Waals surface area contributed by atoms with Crippen LogP contribution in [-0.2, 0) is 14.4 Å². The highest BCUT2D eigenvalue weighted by atomic mass is 16.5. The highest BCUT2D eigenvalue weighted by molar-refractivity contribution is 6.01. The molecule has 0 aliphatic carbocycles. The smallest absolute Gasteiger partial charge is 0.303 e. The molecule has 1 aromatic rings. The number of aliphatic carboxylic acids is 1. The number of nitrogens with zero attached hydrogens (tertiary/aromatic N) is 1. The molecule has 7 heteroatoms. The first-order chi connectivity index (χ1) is 11.5. The second kappa shape index (κ2) is 7.81. The molecule has 0 radical (unpaired) electrons. The molecule has 1 atom stereocenters.